The normalized spacial score (nSPS) is 11.2. The Labute approximate surface area is 146 Å². The number of nitrogens with two attached hydrogens (primary N) is 1. The molecule has 0 bridgehead atoms. The van der Waals surface area contributed by atoms with Gasteiger partial charge in [-0.2, -0.15) is 0 Å². The first-order valence-corrected chi connectivity index (χ1v) is 7.90. The van der Waals surface area contributed by atoms with Gasteiger partial charge in [-0.05, 0) is 29.8 Å². The van der Waals surface area contributed by atoms with E-state index in [1.54, 1.807) is 19.2 Å². The van der Waals surface area contributed by atoms with Crippen molar-refractivity contribution < 1.29 is 9.53 Å². The Bertz CT molecular complexity index is 612. The topological polar surface area (TPSA) is 65.2 Å². The second-order valence-electron chi connectivity index (χ2n) is 4.76. The Morgan fingerprint density at radius 2 is 1.87 bits per heavy atom. The third-order valence-corrected chi connectivity index (χ3v) is 3.51. The van der Waals surface area contributed by atoms with Gasteiger partial charge in [0.1, 0.15) is 0 Å². The number of hydrogen-bond acceptors (Lipinski definition) is 4. The molecule has 1 aromatic carbocycles. The molecule has 4 nitrogen and oxygen atoms in total. The Balaban J connectivity index is 0.000000379. The quantitative estimate of drug-likeness (QED) is 0.835. The molecule has 1 atom stereocenters. The van der Waals surface area contributed by atoms with E-state index in [0.717, 1.165) is 11.3 Å². The van der Waals surface area contributed by atoms with Crippen molar-refractivity contribution in [2.24, 2.45) is 5.73 Å². The molecule has 0 radical (unpaired) electrons. The Morgan fingerprint density at radius 1 is 1.22 bits per heavy atom. The van der Waals surface area contributed by atoms with Crippen molar-refractivity contribution in [3.05, 3.63) is 63.9 Å². The zero-order valence-corrected chi connectivity index (χ0v) is 14.6. The van der Waals surface area contributed by atoms with Crippen molar-refractivity contribution in [1.82, 2.24) is 4.98 Å². The molecule has 124 valence electrons. The van der Waals surface area contributed by atoms with E-state index in [-0.39, 0.29) is 12.0 Å². The summed E-state index contributed by atoms with van der Waals surface area (Å²) < 4.78 is 4.26. The summed E-state index contributed by atoms with van der Waals surface area (Å²) in [5.74, 6) is -0.157. The van der Waals surface area contributed by atoms with E-state index in [1.807, 2.05) is 30.3 Å². The van der Waals surface area contributed by atoms with E-state index in [1.165, 1.54) is 7.11 Å². The first-order valence-electron chi connectivity index (χ1n) is 7.14. The van der Waals surface area contributed by atoms with Gasteiger partial charge in [0.2, 0.25) is 0 Å². The highest BCUT2D eigenvalue weighted by atomic mass is 35.5. The third kappa shape index (κ3) is 7.46. The smallest absolute Gasteiger partial charge is 0.305 e. The van der Waals surface area contributed by atoms with E-state index < -0.39 is 0 Å². The molecule has 2 rings (SSSR count). The van der Waals surface area contributed by atoms with Crippen LogP contribution in [0.3, 0.4) is 0 Å². The minimum atomic E-state index is -0.157. The lowest BCUT2D eigenvalue weighted by molar-refractivity contribution is -0.140. The van der Waals surface area contributed by atoms with Crippen molar-refractivity contribution in [3.8, 4) is 0 Å². The van der Waals surface area contributed by atoms with Gasteiger partial charge < -0.3 is 10.5 Å². The number of halogens is 2. The van der Waals surface area contributed by atoms with Crippen LogP contribution in [0.4, 0.5) is 0 Å². The van der Waals surface area contributed by atoms with Crippen LogP contribution in [-0.4, -0.2) is 18.1 Å². The molecular weight excluding hydrogens is 335 g/mol. The number of carbonyl (C=O) groups excluding carboxylic acids is 1. The fourth-order valence-corrected chi connectivity index (χ4v) is 2.07. The van der Waals surface area contributed by atoms with Gasteiger partial charge in [0.05, 0.1) is 7.11 Å². The van der Waals surface area contributed by atoms with Gasteiger partial charge in [0.25, 0.3) is 0 Å². The highest BCUT2D eigenvalue weighted by molar-refractivity contribution is 6.30. The summed E-state index contributed by atoms with van der Waals surface area (Å²) in [6.45, 7) is 1.76. The molecule has 6 heteroatoms. The first kappa shape index (κ1) is 19.4. The van der Waals surface area contributed by atoms with Crippen LogP contribution < -0.4 is 5.73 Å². The van der Waals surface area contributed by atoms with Crippen LogP contribution in [0.1, 0.15) is 30.6 Å². The lowest BCUT2D eigenvalue weighted by Gasteiger charge is -2.11. The van der Waals surface area contributed by atoms with Crippen LogP contribution in [0.2, 0.25) is 10.0 Å². The molecule has 23 heavy (non-hydrogen) atoms. The fraction of sp³-hybridized carbons (Fsp3) is 0.294. The Kier molecular flexibility index (Phi) is 8.62. The van der Waals surface area contributed by atoms with Gasteiger partial charge in [0.15, 0.2) is 0 Å². The lowest BCUT2D eigenvalue weighted by atomic mass is 10.0. The second kappa shape index (κ2) is 10.2. The minimum absolute atomic E-state index is 0.0989. The molecule has 1 unspecified atom stereocenters. The molecule has 0 aliphatic rings. The predicted molar refractivity (Wildman–Crippen MR) is 93.6 cm³/mol. The number of hydrogen-bond donors (Lipinski definition) is 1. The molecule has 0 saturated carbocycles. The maximum absolute atomic E-state index is 9.96. The number of benzene rings is 1. The van der Waals surface area contributed by atoms with Crippen molar-refractivity contribution >= 4 is 29.2 Å². The molecule has 2 N–H and O–H groups in total. The molecule has 1 heterocycles. The van der Waals surface area contributed by atoms with Crippen LogP contribution in [-0.2, 0) is 16.0 Å². The molecule has 0 aliphatic carbocycles. The van der Waals surface area contributed by atoms with Crippen LogP contribution in [0, 0.1) is 0 Å². The average molecular weight is 355 g/mol. The maximum Gasteiger partial charge on any atom is 0.305 e. The number of ether oxygens (including phenoxy) is 1. The van der Waals surface area contributed by atoms with Gasteiger partial charge in [-0.15, -0.1) is 0 Å². The van der Waals surface area contributed by atoms with Crippen LogP contribution in [0.25, 0.3) is 0 Å². The third-order valence-electron chi connectivity index (χ3n) is 3.02. The van der Waals surface area contributed by atoms with E-state index in [9.17, 15) is 4.79 Å². The second-order valence-corrected chi connectivity index (χ2v) is 5.63. The Hall–Kier alpha value is -1.62. The van der Waals surface area contributed by atoms with Crippen LogP contribution in [0.5, 0.6) is 0 Å². The maximum atomic E-state index is 9.96. The summed E-state index contributed by atoms with van der Waals surface area (Å²) in [5.41, 5.74) is 8.03. The van der Waals surface area contributed by atoms with Crippen molar-refractivity contribution in [1.29, 1.82) is 0 Å². The number of aromatic nitrogens is 1. The standard InChI is InChI=1S/C13H12Cl2N2.C4H8O2/c14-10-3-1-9(2-4-10)13(16)8-12-7-11(15)5-6-17-12;1-3-4(5)6-2/h1-7,13H,8,16H2;3H2,1-2H3. The number of esters is 1. The zero-order valence-electron chi connectivity index (χ0n) is 13.1. The van der Waals surface area contributed by atoms with Gasteiger partial charge in [-0.25, -0.2) is 0 Å². The van der Waals surface area contributed by atoms with Crippen LogP contribution >= 0.6 is 23.2 Å². The summed E-state index contributed by atoms with van der Waals surface area (Å²) in [6, 6.07) is 11.0. The lowest BCUT2D eigenvalue weighted by Crippen LogP contribution is -2.13. The molecule has 1 aromatic heterocycles. The van der Waals surface area contributed by atoms with Crippen molar-refractivity contribution in [2.45, 2.75) is 25.8 Å². The fourth-order valence-electron chi connectivity index (χ4n) is 1.76. The summed E-state index contributed by atoms with van der Waals surface area (Å²) in [7, 11) is 1.38. The number of nitrogens with zero attached hydrogens (tertiary/aromatic N) is 1. The van der Waals surface area contributed by atoms with E-state index in [4.69, 9.17) is 28.9 Å². The molecule has 0 saturated heterocycles. The number of methoxy groups -OCH3 is 1. The van der Waals surface area contributed by atoms with E-state index in [0.29, 0.717) is 22.9 Å². The molecule has 0 amide bonds. The van der Waals surface area contributed by atoms with Crippen LogP contribution in [0.15, 0.2) is 42.6 Å². The predicted octanol–water partition coefficient (Wildman–Crippen LogP) is 4.20. The molecular formula is C17H20Cl2N2O2. The van der Waals surface area contributed by atoms with Gasteiger partial charge in [-0.1, -0.05) is 42.3 Å². The summed E-state index contributed by atoms with van der Waals surface area (Å²) in [4.78, 5) is 14.2. The van der Waals surface area contributed by atoms with E-state index in [2.05, 4.69) is 9.72 Å². The van der Waals surface area contributed by atoms with Gasteiger partial charge in [0, 0.05) is 40.8 Å². The van der Waals surface area contributed by atoms with E-state index >= 15 is 0 Å². The number of rotatable bonds is 4. The first-order chi connectivity index (χ1) is 11.0. The number of carbonyl (C=O) groups is 1. The zero-order chi connectivity index (χ0) is 17.2. The monoisotopic (exact) mass is 354 g/mol. The highest BCUT2D eigenvalue weighted by Gasteiger charge is 2.08. The largest absolute Gasteiger partial charge is 0.469 e. The van der Waals surface area contributed by atoms with Gasteiger partial charge in [-0.3, -0.25) is 9.78 Å². The SMILES string of the molecule is CCC(=O)OC.NC(Cc1cc(Cl)ccn1)c1ccc(Cl)cc1. The molecule has 0 aliphatic heterocycles. The van der Waals surface area contributed by atoms with Crippen molar-refractivity contribution in [3.63, 3.8) is 0 Å². The van der Waals surface area contributed by atoms with Gasteiger partial charge >= 0.3 is 5.97 Å². The van der Waals surface area contributed by atoms with Crippen molar-refractivity contribution in [2.75, 3.05) is 7.11 Å². The average Bonchev–Trinajstić information content (AvgIpc) is 2.55. The molecule has 2 aromatic rings. The summed E-state index contributed by atoms with van der Waals surface area (Å²) in [6.07, 6.45) is 2.81. The number of pyridine rings is 1. The molecule has 0 fully saturated rings. The highest BCUT2D eigenvalue weighted by Crippen LogP contribution is 2.19. The summed E-state index contributed by atoms with van der Waals surface area (Å²) >= 11 is 11.7. The minimum Gasteiger partial charge on any atom is -0.469 e. The molecule has 0 spiro atoms. The Morgan fingerprint density at radius 3 is 2.35 bits per heavy atom. The summed E-state index contributed by atoms with van der Waals surface area (Å²) in [5, 5.41) is 1.39.